The number of aryl methyl sites for hydroxylation is 2. The summed E-state index contributed by atoms with van der Waals surface area (Å²) in [6, 6.07) is 5.66. The van der Waals surface area contributed by atoms with Gasteiger partial charge in [0.25, 0.3) is 5.91 Å². The molecule has 2 heterocycles. The molecule has 2 amide bonds. The Morgan fingerprint density at radius 2 is 2.23 bits per heavy atom. The number of amides is 2. The summed E-state index contributed by atoms with van der Waals surface area (Å²) in [5.74, 6) is -0.402. The van der Waals surface area contributed by atoms with Gasteiger partial charge in [-0.1, -0.05) is 6.07 Å². The van der Waals surface area contributed by atoms with Crippen LogP contribution >= 0.6 is 11.3 Å². The number of likely N-dealkylation sites (N-methyl/N-ethyl adjacent to an activating group) is 1. The summed E-state index contributed by atoms with van der Waals surface area (Å²) in [4.78, 5) is 26.9. The van der Waals surface area contributed by atoms with Crippen LogP contribution < -0.4 is 5.32 Å². The van der Waals surface area contributed by atoms with Gasteiger partial charge in [-0.3, -0.25) is 14.3 Å². The number of aromatic nitrogens is 2. The molecule has 0 unspecified atom stereocenters. The van der Waals surface area contributed by atoms with E-state index in [0.717, 1.165) is 10.6 Å². The zero-order valence-corrected chi connectivity index (χ0v) is 13.8. The number of hydrogen-bond donors (Lipinski definition) is 1. The van der Waals surface area contributed by atoms with E-state index in [4.69, 9.17) is 0 Å². The van der Waals surface area contributed by atoms with Crippen LogP contribution in [0.2, 0.25) is 0 Å². The molecule has 0 fully saturated rings. The quantitative estimate of drug-likeness (QED) is 0.880. The minimum absolute atomic E-state index is 0.0192. The van der Waals surface area contributed by atoms with E-state index in [-0.39, 0.29) is 18.4 Å². The minimum atomic E-state index is -0.277. The van der Waals surface area contributed by atoms with Crippen LogP contribution in [0.15, 0.2) is 23.6 Å². The first-order valence-electron chi connectivity index (χ1n) is 7.10. The molecule has 0 spiro atoms. The van der Waals surface area contributed by atoms with Crippen molar-refractivity contribution in [2.24, 2.45) is 0 Å². The lowest BCUT2D eigenvalue weighted by Gasteiger charge is -2.16. The third-order valence-corrected chi connectivity index (χ3v) is 4.09. The van der Waals surface area contributed by atoms with Crippen molar-refractivity contribution in [3.8, 4) is 0 Å². The SMILES string of the molecule is CCn1nc(C)cc1C(=O)NCC(=O)N(C)Cc1cccs1. The average molecular weight is 320 g/mol. The predicted molar refractivity (Wildman–Crippen MR) is 85.8 cm³/mol. The van der Waals surface area contributed by atoms with Gasteiger partial charge in [-0.25, -0.2) is 0 Å². The molecule has 0 aromatic carbocycles. The fourth-order valence-electron chi connectivity index (χ4n) is 2.08. The van der Waals surface area contributed by atoms with Gasteiger partial charge in [-0.05, 0) is 31.4 Å². The maximum atomic E-state index is 12.1. The largest absolute Gasteiger partial charge is 0.342 e. The van der Waals surface area contributed by atoms with Crippen LogP contribution in [0.5, 0.6) is 0 Å². The van der Waals surface area contributed by atoms with E-state index in [1.54, 1.807) is 34.0 Å². The summed E-state index contributed by atoms with van der Waals surface area (Å²) in [6.07, 6.45) is 0. The van der Waals surface area contributed by atoms with Crippen LogP contribution in [-0.2, 0) is 17.9 Å². The van der Waals surface area contributed by atoms with Gasteiger partial charge in [-0.15, -0.1) is 11.3 Å². The highest BCUT2D eigenvalue weighted by atomic mass is 32.1. The van der Waals surface area contributed by atoms with Crippen molar-refractivity contribution in [2.75, 3.05) is 13.6 Å². The molecule has 22 heavy (non-hydrogen) atoms. The first kappa shape index (κ1) is 16.2. The summed E-state index contributed by atoms with van der Waals surface area (Å²) in [5.41, 5.74) is 1.27. The molecule has 2 rings (SSSR count). The Hall–Kier alpha value is -2.15. The first-order chi connectivity index (χ1) is 10.5. The van der Waals surface area contributed by atoms with Crippen molar-refractivity contribution in [1.82, 2.24) is 20.0 Å². The molecule has 2 aromatic heterocycles. The van der Waals surface area contributed by atoms with E-state index in [0.29, 0.717) is 18.8 Å². The molecule has 6 nitrogen and oxygen atoms in total. The van der Waals surface area contributed by atoms with E-state index in [1.165, 1.54) is 0 Å². The number of nitrogens with one attached hydrogen (secondary N) is 1. The lowest BCUT2D eigenvalue weighted by Crippen LogP contribution is -2.38. The number of carbonyl (C=O) groups is 2. The molecule has 0 atom stereocenters. The molecule has 2 aromatic rings. The highest BCUT2D eigenvalue weighted by molar-refractivity contribution is 7.09. The molecule has 0 radical (unpaired) electrons. The van der Waals surface area contributed by atoms with Crippen LogP contribution in [-0.4, -0.2) is 40.1 Å². The van der Waals surface area contributed by atoms with Crippen LogP contribution in [0.4, 0.5) is 0 Å². The first-order valence-corrected chi connectivity index (χ1v) is 7.98. The third kappa shape index (κ3) is 3.94. The number of rotatable bonds is 6. The molecule has 0 bridgehead atoms. The molecule has 0 saturated heterocycles. The number of carbonyl (C=O) groups excluding carboxylic acids is 2. The maximum absolute atomic E-state index is 12.1. The van der Waals surface area contributed by atoms with Crippen molar-refractivity contribution < 1.29 is 9.59 Å². The number of nitrogens with zero attached hydrogens (tertiary/aromatic N) is 3. The Labute approximate surface area is 133 Å². The Morgan fingerprint density at radius 1 is 1.45 bits per heavy atom. The summed E-state index contributed by atoms with van der Waals surface area (Å²) in [7, 11) is 1.73. The van der Waals surface area contributed by atoms with Crippen molar-refractivity contribution >= 4 is 23.2 Å². The molecular formula is C15H20N4O2S. The van der Waals surface area contributed by atoms with Crippen LogP contribution in [0.1, 0.15) is 28.0 Å². The Bertz CT molecular complexity index is 649. The molecule has 0 aliphatic carbocycles. The van der Waals surface area contributed by atoms with Gasteiger partial charge in [0.15, 0.2) is 0 Å². The standard InChI is InChI=1S/C15H20N4O2S/c1-4-19-13(8-11(2)17-19)15(21)16-9-14(20)18(3)10-12-6-5-7-22-12/h5-8H,4,9-10H2,1-3H3,(H,16,21). The van der Waals surface area contributed by atoms with E-state index < -0.39 is 0 Å². The molecule has 0 saturated carbocycles. The molecular weight excluding hydrogens is 300 g/mol. The van der Waals surface area contributed by atoms with E-state index in [2.05, 4.69) is 10.4 Å². The number of thiophene rings is 1. The zero-order chi connectivity index (χ0) is 16.1. The fraction of sp³-hybridized carbons (Fsp3) is 0.400. The van der Waals surface area contributed by atoms with Gasteiger partial charge in [0.2, 0.25) is 5.91 Å². The minimum Gasteiger partial charge on any atom is -0.342 e. The Morgan fingerprint density at radius 3 is 2.86 bits per heavy atom. The van der Waals surface area contributed by atoms with Gasteiger partial charge in [0, 0.05) is 18.5 Å². The molecule has 7 heteroatoms. The third-order valence-electron chi connectivity index (χ3n) is 3.23. The van der Waals surface area contributed by atoms with Gasteiger partial charge in [0.1, 0.15) is 5.69 Å². The van der Waals surface area contributed by atoms with Crippen molar-refractivity contribution in [1.29, 1.82) is 0 Å². The van der Waals surface area contributed by atoms with Crippen molar-refractivity contribution in [3.05, 3.63) is 39.8 Å². The second-order valence-electron chi connectivity index (χ2n) is 5.00. The molecule has 0 aliphatic heterocycles. The lowest BCUT2D eigenvalue weighted by molar-refractivity contribution is -0.129. The second-order valence-corrected chi connectivity index (χ2v) is 6.03. The summed E-state index contributed by atoms with van der Waals surface area (Å²) >= 11 is 1.60. The summed E-state index contributed by atoms with van der Waals surface area (Å²) in [5, 5.41) is 8.86. The average Bonchev–Trinajstić information content (AvgIpc) is 3.13. The van der Waals surface area contributed by atoms with Crippen molar-refractivity contribution in [3.63, 3.8) is 0 Å². The molecule has 118 valence electrons. The topological polar surface area (TPSA) is 67.2 Å². The van der Waals surface area contributed by atoms with Gasteiger partial charge in [-0.2, -0.15) is 5.10 Å². The normalized spacial score (nSPS) is 10.5. The van der Waals surface area contributed by atoms with Gasteiger partial charge in [0.05, 0.1) is 18.8 Å². The van der Waals surface area contributed by atoms with Gasteiger partial charge >= 0.3 is 0 Å². The van der Waals surface area contributed by atoms with E-state index >= 15 is 0 Å². The second kappa shape index (κ2) is 7.22. The van der Waals surface area contributed by atoms with Crippen LogP contribution in [0.3, 0.4) is 0 Å². The smallest absolute Gasteiger partial charge is 0.269 e. The maximum Gasteiger partial charge on any atom is 0.269 e. The highest BCUT2D eigenvalue weighted by Crippen LogP contribution is 2.10. The van der Waals surface area contributed by atoms with E-state index in [1.807, 2.05) is 31.4 Å². The van der Waals surface area contributed by atoms with Crippen LogP contribution in [0.25, 0.3) is 0 Å². The number of hydrogen-bond acceptors (Lipinski definition) is 4. The van der Waals surface area contributed by atoms with Crippen molar-refractivity contribution in [2.45, 2.75) is 26.9 Å². The lowest BCUT2D eigenvalue weighted by atomic mass is 10.3. The molecule has 0 aliphatic rings. The van der Waals surface area contributed by atoms with E-state index in [9.17, 15) is 9.59 Å². The summed E-state index contributed by atoms with van der Waals surface area (Å²) < 4.78 is 1.63. The zero-order valence-electron chi connectivity index (χ0n) is 13.0. The Balaban J connectivity index is 1.88. The Kier molecular flexibility index (Phi) is 5.32. The highest BCUT2D eigenvalue weighted by Gasteiger charge is 2.16. The fourth-order valence-corrected chi connectivity index (χ4v) is 2.83. The summed E-state index contributed by atoms with van der Waals surface area (Å²) in [6.45, 7) is 4.90. The predicted octanol–water partition coefficient (Wildman–Crippen LogP) is 1.66. The monoisotopic (exact) mass is 320 g/mol. The van der Waals surface area contributed by atoms with Gasteiger partial charge < -0.3 is 10.2 Å². The van der Waals surface area contributed by atoms with Crippen LogP contribution in [0, 0.1) is 6.92 Å². The molecule has 1 N–H and O–H groups in total.